The second-order valence-corrected chi connectivity index (χ2v) is 8.74. The van der Waals surface area contributed by atoms with Gasteiger partial charge in [0.1, 0.15) is 12.2 Å². The van der Waals surface area contributed by atoms with Gasteiger partial charge in [-0.1, -0.05) is 17.7 Å². The second kappa shape index (κ2) is 8.59. The maximum atomic E-state index is 12.4. The van der Waals surface area contributed by atoms with Crippen molar-refractivity contribution >= 4 is 45.6 Å². The van der Waals surface area contributed by atoms with Gasteiger partial charge in [0.05, 0.1) is 23.8 Å². The number of primary amides is 1. The molecule has 1 aromatic carbocycles. The van der Waals surface area contributed by atoms with Crippen LogP contribution in [0.4, 0.5) is 10.8 Å². The van der Waals surface area contributed by atoms with E-state index in [1.165, 1.54) is 23.2 Å². The van der Waals surface area contributed by atoms with Gasteiger partial charge in [-0.25, -0.2) is 4.98 Å². The van der Waals surface area contributed by atoms with Crippen molar-refractivity contribution in [2.45, 2.75) is 40.2 Å². The number of likely N-dealkylation sites (tertiary alicyclic amines) is 1. The number of thiazole rings is 1. The lowest BCUT2D eigenvalue weighted by atomic mass is 9.96. The van der Waals surface area contributed by atoms with Crippen LogP contribution in [0.1, 0.15) is 36.6 Å². The Morgan fingerprint density at radius 3 is 2.57 bits per heavy atom. The summed E-state index contributed by atoms with van der Waals surface area (Å²) in [7, 11) is 0. The van der Waals surface area contributed by atoms with E-state index in [-0.39, 0.29) is 17.7 Å². The molecule has 0 spiro atoms. The van der Waals surface area contributed by atoms with Crippen molar-refractivity contribution in [2.24, 2.45) is 11.7 Å². The van der Waals surface area contributed by atoms with Crippen LogP contribution in [-0.2, 0) is 16.1 Å². The van der Waals surface area contributed by atoms with E-state index >= 15 is 0 Å². The smallest absolute Gasteiger partial charge is 0.230 e. The van der Waals surface area contributed by atoms with Gasteiger partial charge in [-0.15, -0.1) is 11.3 Å². The summed E-state index contributed by atoms with van der Waals surface area (Å²) in [5, 5.41) is 3.17. The first-order valence-electron chi connectivity index (χ1n) is 9.41. The molecule has 28 heavy (non-hydrogen) atoms. The average molecular weight is 422 g/mol. The number of halogens is 1. The molecule has 3 N–H and O–H groups in total. The van der Waals surface area contributed by atoms with Crippen molar-refractivity contribution in [1.82, 2.24) is 4.98 Å². The number of nitrogens with zero attached hydrogens (tertiary/aromatic N) is 2. The molecule has 1 saturated heterocycles. The molecule has 6 nitrogen and oxygen atoms in total. The third-order valence-corrected chi connectivity index (χ3v) is 6.36. The molecule has 0 bridgehead atoms. The molecule has 1 aliphatic rings. The second-order valence-electron chi connectivity index (χ2n) is 7.49. The van der Waals surface area contributed by atoms with E-state index in [0.29, 0.717) is 15.8 Å². The monoisotopic (exact) mass is 421 g/mol. The predicted octanol–water partition coefficient (Wildman–Crippen LogP) is 2.38. The summed E-state index contributed by atoms with van der Waals surface area (Å²) < 4.78 is 0. The number of nitrogens with two attached hydrogens (primary N) is 1. The molecule has 8 heteroatoms. The topological polar surface area (TPSA) is 80.7 Å². The lowest BCUT2D eigenvalue weighted by Crippen LogP contribution is -3.11. The van der Waals surface area contributed by atoms with E-state index in [9.17, 15) is 9.59 Å². The Bertz CT molecular complexity index is 867. The minimum Gasteiger partial charge on any atom is -0.369 e. The van der Waals surface area contributed by atoms with E-state index in [1.54, 1.807) is 4.90 Å². The standard InChI is InChI=1S/C20H25ClN4O2S/c1-12-8-13(2)18(17(21)9-12)25(14(3)26)20-23-16(11-28-20)10-24-6-4-15(5-7-24)19(22)27/h8-9,11,15H,4-7,10H2,1-3H3,(H2,22,27)/p+1. The van der Waals surface area contributed by atoms with E-state index in [4.69, 9.17) is 22.3 Å². The van der Waals surface area contributed by atoms with E-state index in [0.717, 1.165) is 49.3 Å². The van der Waals surface area contributed by atoms with Crippen molar-refractivity contribution in [3.63, 3.8) is 0 Å². The SMILES string of the molecule is CC(=O)N(c1nc(C[NH+]2CCC(C(N)=O)CC2)cs1)c1c(C)cc(C)cc1Cl. The van der Waals surface area contributed by atoms with Crippen LogP contribution >= 0.6 is 22.9 Å². The van der Waals surface area contributed by atoms with Gasteiger partial charge in [0.2, 0.25) is 11.8 Å². The highest BCUT2D eigenvalue weighted by molar-refractivity contribution is 7.14. The van der Waals surface area contributed by atoms with Gasteiger partial charge >= 0.3 is 0 Å². The number of quaternary nitrogens is 1. The summed E-state index contributed by atoms with van der Waals surface area (Å²) in [5.74, 6) is -0.323. The zero-order valence-electron chi connectivity index (χ0n) is 16.4. The molecule has 0 aliphatic carbocycles. The number of carbonyl (C=O) groups excluding carboxylic acids is 2. The summed E-state index contributed by atoms with van der Waals surface area (Å²) in [5.41, 5.74) is 9.04. The number of aryl methyl sites for hydroxylation is 2. The molecule has 1 fully saturated rings. The minimum absolute atomic E-state index is 0.00500. The predicted molar refractivity (Wildman–Crippen MR) is 112 cm³/mol. The highest BCUT2D eigenvalue weighted by Gasteiger charge is 2.27. The third kappa shape index (κ3) is 4.54. The molecule has 2 aromatic rings. The fourth-order valence-electron chi connectivity index (χ4n) is 3.80. The van der Waals surface area contributed by atoms with Gasteiger partial charge in [0, 0.05) is 31.1 Å². The lowest BCUT2D eigenvalue weighted by molar-refractivity contribution is -0.919. The molecular weight excluding hydrogens is 396 g/mol. The molecule has 1 aliphatic heterocycles. The average Bonchev–Trinajstić information content (AvgIpc) is 3.05. The maximum absolute atomic E-state index is 12.4. The third-order valence-electron chi connectivity index (χ3n) is 5.19. The number of amides is 2. The van der Waals surface area contributed by atoms with Crippen LogP contribution in [-0.4, -0.2) is 29.9 Å². The zero-order chi connectivity index (χ0) is 20.4. The lowest BCUT2D eigenvalue weighted by Gasteiger charge is -2.27. The van der Waals surface area contributed by atoms with E-state index in [1.807, 2.05) is 31.4 Å². The fourth-order valence-corrected chi connectivity index (χ4v) is 5.08. The van der Waals surface area contributed by atoms with Crippen molar-refractivity contribution < 1.29 is 14.5 Å². The van der Waals surface area contributed by atoms with Crippen LogP contribution < -0.4 is 15.5 Å². The van der Waals surface area contributed by atoms with Crippen LogP contribution in [0.2, 0.25) is 5.02 Å². The highest BCUT2D eigenvalue weighted by Crippen LogP contribution is 2.37. The molecule has 0 atom stereocenters. The molecule has 2 heterocycles. The Hall–Kier alpha value is -1.96. The van der Waals surface area contributed by atoms with Crippen LogP contribution in [0.15, 0.2) is 17.5 Å². The Kier molecular flexibility index (Phi) is 6.37. The number of aromatic nitrogens is 1. The number of benzene rings is 1. The van der Waals surface area contributed by atoms with Gasteiger partial charge in [0.15, 0.2) is 5.13 Å². The zero-order valence-corrected chi connectivity index (χ0v) is 18.0. The van der Waals surface area contributed by atoms with Gasteiger partial charge in [-0.2, -0.15) is 0 Å². The van der Waals surface area contributed by atoms with Gasteiger partial charge in [0.25, 0.3) is 0 Å². The Labute approximate surface area is 174 Å². The number of carbonyl (C=O) groups is 2. The van der Waals surface area contributed by atoms with Crippen molar-refractivity contribution in [1.29, 1.82) is 0 Å². The van der Waals surface area contributed by atoms with Crippen LogP contribution in [0.5, 0.6) is 0 Å². The summed E-state index contributed by atoms with van der Waals surface area (Å²) in [4.78, 5) is 31.4. The normalized spacial score (nSPS) is 19.4. The minimum atomic E-state index is -0.197. The summed E-state index contributed by atoms with van der Waals surface area (Å²) in [6.45, 7) is 8.03. The van der Waals surface area contributed by atoms with Crippen molar-refractivity contribution in [3.05, 3.63) is 39.4 Å². The quantitative estimate of drug-likeness (QED) is 0.777. The van der Waals surface area contributed by atoms with Crippen LogP contribution in [0, 0.1) is 19.8 Å². The molecule has 2 amide bonds. The summed E-state index contributed by atoms with van der Waals surface area (Å²) in [6, 6.07) is 3.88. The van der Waals surface area contributed by atoms with E-state index < -0.39 is 0 Å². The number of nitrogens with one attached hydrogen (secondary N) is 1. The van der Waals surface area contributed by atoms with Crippen molar-refractivity contribution in [2.75, 3.05) is 18.0 Å². The first-order chi connectivity index (χ1) is 13.3. The fraction of sp³-hybridized carbons (Fsp3) is 0.450. The molecule has 0 unspecified atom stereocenters. The number of hydrogen-bond donors (Lipinski definition) is 2. The largest absolute Gasteiger partial charge is 0.369 e. The summed E-state index contributed by atoms with van der Waals surface area (Å²) >= 11 is 7.91. The van der Waals surface area contributed by atoms with Crippen molar-refractivity contribution in [3.8, 4) is 0 Å². The Morgan fingerprint density at radius 2 is 2.00 bits per heavy atom. The van der Waals surface area contributed by atoms with Gasteiger partial charge in [-0.05, 0) is 31.0 Å². The molecule has 150 valence electrons. The maximum Gasteiger partial charge on any atom is 0.230 e. The summed E-state index contributed by atoms with van der Waals surface area (Å²) in [6.07, 6.45) is 1.64. The van der Waals surface area contributed by atoms with Gasteiger partial charge < -0.3 is 10.6 Å². The molecule has 1 aromatic heterocycles. The number of anilines is 2. The first kappa shape index (κ1) is 20.8. The molecule has 3 rings (SSSR count). The number of piperidine rings is 1. The Morgan fingerprint density at radius 1 is 1.32 bits per heavy atom. The molecular formula is C20H26ClN4O2S+. The molecule has 0 radical (unpaired) electrons. The molecule has 0 saturated carbocycles. The number of hydrogen-bond acceptors (Lipinski definition) is 4. The van der Waals surface area contributed by atoms with Gasteiger partial charge in [-0.3, -0.25) is 14.5 Å². The van der Waals surface area contributed by atoms with Crippen LogP contribution in [0.3, 0.4) is 0 Å². The first-order valence-corrected chi connectivity index (χ1v) is 10.7. The van der Waals surface area contributed by atoms with Crippen LogP contribution in [0.25, 0.3) is 0 Å². The highest BCUT2D eigenvalue weighted by atomic mass is 35.5. The van der Waals surface area contributed by atoms with E-state index in [2.05, 4.69) is 0 Å². The number of rotatable bonds is 5. The Balaban J connectivity index is 1.78.